The highest BCUT2D eigenvalue weighted by Gasteiger charge is 2.10. The molecule has 2 N–H and O–H groups in total. The molecular weight excluding hydrogens is 242 g/mol. The van der Waals surface area contributed by atoms with E-state index in [-0.39, 0.29) is 0 Å². The Morgan fingerprint density at radius 1 is 1.16 bits per heavy atom. The van der Waals surface area contributed by atoms with Gasteiger partial charge in [0.1, 0.15) is 29.9 Å². The summed E-state index contributed by atoms with van der Waals surface area (Å²) in [6.45, 7) is 5.64. The maximum atomic E-state index is 4.81. The molecule has 2 rings (SSSR count). The van der Waals surface area contributed by atoms with Crippen molar-refractivity contribution >= 4 is 11.6 Å². The summed E-state index contributed by atoms with van der Waals surface area (Å²) in [4.78, 5) is 8.62. The second-order valence-corrected chi connectivity index (χ2v) is 4.17. The van der Waals surface area contributed by atoms with Crippen molar-refractivity contribution in [3.05, 3.63) is 29.9 Å². The average Bonchev–Trinajstić information content (AvgIpc) is 2.93. The van der Waals surface area contributed by atoms with Gasteiger partial charge in [0, 0.05) is 18.2 Å². The molecule has 19 heavy (non-hydrogen) atoms. The van der Waals surface area contributed by atoms with E-state index in [0.717, 1.165) is 42.3 Å². The first-order chi connectivity index (χ1) is 9.35. The predicted octanol–water partition coefficient (Wildman–Crippen LogP) is 2.46. The van der Waals surface area contributed by atoms with Crippen molar-refractivity contribution in [3.63, 3.8) is 0 Å². The minimum atomic E-state index is 0.593. The van der Waals surface area contributed by atoms with E-state index in [4.69, 9.17) is 4.52 Å². The van der Waals surface area contributed by atoms with Crippen LogP contribution in [0.2, 0.25) is 0 Å². The standard InChI is InChI=1S/C13H19N5O/c1-3-5-11-12(14-4-2)16-9-17-13(11)15-8-10-6-7-19-18-10/h6-7,9H,3-5,8H2,1-2H3,(H2,14,15,16,17). The summed E-state index contributed by atoms with van der Waals surface area (Å²) in [5.74, 6) is 1.76. The van der Waals surface area contributed by atoms with Gasteiger partial charge in [-0.25, -0.2) is 9.97 Å². The van der Waals surface area contributed by atoms with E-state index in [9.17, 15) is 0 Å². The maximum Gasteiger partial charge on any atom is 0.135 e. The van der Waals surface area contributed by atoms with Crippen molar-refractivity contribution < 1.29 is 4.52 Å². The summed E-state index contributed by atoms with van der Waals surface area (Å²) in [7, 11) is 0. The molecule has 0 unspecified atom stereocenters. The highest BCUT2D eigenvalue weighted by atomic mass is 16.5. The molecule has 0 aliphatic rings. The van der Waals surface area contributed by atoms with Crippen molar-refractivity contribution in [1.29, 1.82) is 0 Å². The topological polar surface area (TPSA) is 75.9 Å². The molecule has 102 valence electrons. The molecule has 2 aromatic rings. The van der Waals surface area contributed by atoms with Crippen LogP contribution in [-0.4, -0.2) is 21.7 Å². The van der Waals surface area contributed by atoms with Gasteiger partial charge in [-0.1, -0.05) is 18.5 Å². The Labute approximate surface area is 112 Å². The third-order valence-corrected chi connectivity index (χ3v) is 2.72. The maximum absolute atomic E-state index is 4.81. The van der Waals surface area contributed by atoms with Gasteiger partial charge in [-0.05, 0) is 13.3 Å². The predicted molar refractivity (Wildman–Crippen MR) is 74.0 cm³/mol. The van der Waals surface area contributed by atoms with Gasteiger partial charge in [0.2, 0.25) is 0 Å². The molecule has 0 bridgehead atoms. The SMILES string of the molecule is CCCc1c(NCC)ncnc1NCc1ccon1. The fraction of sp³-hybridized carbons (Fsp3) is 0.462. The molecule has 2 aromatic heterocycles. The largest absolute Gasteiger partial charge is 0.370 e. The number of anilines is 2. The van der Waals surface area contributed by atoms with Gasteiger partial charge in [0.05, 0.1) is 6.54 Å². The minimum Gasteiger partial charge on any atom is -0.370 e. The smallest absolute Gasteiger partial charge is 0.135 e. The molecule has 2 heterocycles. The molecular formula is C13H19N5O. The van der Waals surface area contributed by atoms with E-state index in [2.05, 4.69) is 39.6 Å². The number of nitrogens with one attached hydrogen (secondary N) is 2. The van der Waals surface area contributed by atoms with Crippen LogP contribution in [0, 0.1) is 0 Å². The third-order valence-electron chi connectivity index (χ3n) is 2.72. The lowest BCUT2D eigenvalue weighted by Crippen LogP contribution is -2.10. The lowest BCUT2D eigenvalue weighted by Gasteiger charge is -2.13. The zero-order chi connectivity index (χ0) is 13.5. The van der Waals surface area contributed by atoms with Crippen LogP contribution in [0.5, 0.6) is 0 Å². The first-order valence-corrected chi connectivity index (χ1v) is 6.56. The Morgan fingerprint density at radius 3 is 2.58 bits per heavy atom. The van der Waals surface area contributed by atoms with Crippen LogP contribution in [0.15, 0.2) is 23.2 Å². The molecule has 0 radical (unpaired) electrons. The summed E-state index contributed by atoms with van der Waals surface area (Å²) >= 11 is 0. The third kappa shape index (κ3) is 3.43. The Morgan fingerprint density at radius 2 is 1.95 bits per heavy atom. The number of rotatable bonds is 7. The Balaban J connectivity index is 2.15. The van der Waals surface area contributed by atoms with Gasteiger partial charge < -0.3 is 15.2 Å². The minimum absolute atomic E-state index is 0.593. The van der Waals surface area contributed by atoms with Gasteiger partial charge in [-0.3, -0.25) is 0 Å². The zero-order valence-electron chi connectivity index (χ0n) is 11.3. The van der Waals surface area contributed by atoms with E-state index in [1.54, 1.807) is 12.6 Å². The molecule has 0 fully saturated rings. The van der Waals surface area contributed by atoms with Crippen LogP contribution in [0.25, 0.3) is 0 Å². The van der Waals surface area contributed by atoms with Crippen LogP contribution in [0.1, 0.15) is 31.5 Å². The van der Waals surface area contributed by atoms with Crippen molar-refractivity contribution in [3.8, 4) is 0 Å². The van der Waals surface area contributed by atoms with E-state index >= 15 is 0 Å². The molecule has 6 heteroatoms. The van der Waals surface area contributed by atoms with Crippen LogP contribution >= 0.6 is 0 Å². The summed E-state index contributed by atoms with van der Waals surface area (Å²) in [5.41, 5.74) is 1.97. The fourth-order valence-electron chi connectivity index (χ4n) is 1.87. The summed E-state index contributed by atoms with van der Waals surface area (Å²) in [5, 5.41) is 10.4. The second-order valence-electron chi connectivity index (χ2n) is 4.17. The normalized spacial score (nSPS) is 10.4. The molecule has 0 aliphatic carbocycles. The van der Waals surface area contributed by atoms with E-state index in [1.807, 2.05) is 6.07 Å². The Kier molecular flexibility index (Phi) is 4.72. The summed E-state index contributed by atoms with van der Waals surface area (Å²) < 4.78 is 4.81. The molecule has 0 saturated heterocycles. The van der Waals surface area contributed by atoms with Gasteiger partial charge in [-0.2, -0.15) is 0 Å². The second kappa shape index (κ2) is 6.72. The monoisotopic (exact) mass is 261 g/mol. The van der Waals surface area contributed by atoms with Gasteiger partial charge in [0.15, 0.2) is 0 Å². The van der Waals surface area contributed by atoms with E-state index in [1.165, 1.54) is 0 Å². The van der Waals surface area contributed by atoms with Crippen LogP contribution in [-0.2, 0) is 13.0 Å². The van der Waals surface area contributed by atoms with Crippen LogP contribution < -0.4 is 10.6 Å². The van der Waals surface area contributed by atoms with Gasteiger partial charge in [-0.15, -0.1) is 0 Å². The van der Waals surface area contributed by atoms with Crippen molar-refractivity contribution in [1.82, 2.24) is 15.1 Å². The molecule has 0 saturated carbocycles. The zero-order valence-corrected chi connectivity index (χ0v) is 11.3. The lowest BCUT2D eigenvalue weighted by molar-refractivity contribution is 0.412. The van der Waals surface area contributed by atoms with Crippen LogP contribution in [0.3, 0.4) is 0 Å². The highest BCUT2D eigenvalue weighted by molar-refractivity contribution is 5.57. The number of hydrogen-bond donors (Lipinski definition) is 2. The Hall–Kier alpha value is -2.11. The summed E-state index contributed by atoms with van der Waals surface area (Å²) in [6, 6.07) is 1.83. The van der Waals surface area contributed by atoms with Crippen molar-refractivity contribution in [2.75, 3.05) is 17.2 Å². The first-order valence-electron chi connectivity index (χ1n) is 6.56. The molecule has 6 nitrogen and oxygen atoms in total. The van der Waals surface area contributed by atoms with Crippen molar-refractivity contribution in [2.24, 2.45) is 0 Å². The average molecular weight is 261 g/mol. The quantitative estimate of drug-likeness (QED) is 0.797. The summed E-state index contributed by atoms with van der Waals surface area (Å²) in [6.07, 6.45) is 5.12. The van der Waals surface area contributed by atoms with Gasteiger partial charge >= 0.3 is 0 Å². The number of hydrogen-bond acceptors (Lipinski definition) is 6. The van der Waals surface area contributed by atoms with Gasteiger partial charge in [0.25, 0.3) is 0 Å². The van der Waals surface area contributed by atoms with E-state index in [0.29, 0.717) is 6.54 Å². The Bertz CT molecular complexity index is 498. The molecule has 0 aliphatic heterocycles. The molecule has 0 amide bonds. The lowest BCUT2D eigenvalue weighted by atomic mass is 10.1. The van der Waals surface area contributed by atoms with Crippen molar-refractivity contribution in [2.45, 2.75) is 33.2 Å². The van der Waals surface area contributed by atoms with Crippen LogP contribution in [0.4, 0.5) is 11.6 Å². The first kappa shape index (κ1) is 13.3. The van der Waals surface area contributed by atoms with E-state index < -0.39 is 0 Å². The fourth-order valence-corrected chi connectivity index (χ4v) is 1.87. The molecule has 0 spiro atoms. The molecule has 0 atom stereocenters. The number of aromatic nitrogens is 3. The molecule has 0 aromatic carbocycles. The number of nitrogens with zero attached hydrogens (tertiary/aromatic N) is 3. The highest BCUT2D eigenvalue weighted by Crippen LogP contribution is 2.21.